The van der Waals surface area contributed by atoms with E-state index in [-0.39, 0.29) is 16.1 Å². The highest BCUT2D eigenvalue weighted by Gasteiger charge is 2.35. The zero-order valence-corrected chi connectivity index (χ0v) is 21.8. The fraction of sp³-hybridized carbons (Fsp3) is 0.231. The van der Waals surface area contributed by atoms with Crippen LogP contribution >= 0.6 is 11.6 Å². The van der Waals surface area contributed by atoms with Gasteiger partial charge in [-0.05, 0) is 48.9 Å². The van der Waals surface area contributed by atoms with Gasteiger partial charge in [-0.1, -0.05) is 55.3 Å². The first-order chi connectivity index (χ1) is 17.9. The molecule has 38 heavy (non-hydrogen) atoms. The van der Waals surface area contributed by atoms with Crippen molar-refractivity contribution in [1.82, 2.24) is 5.32 Å². The number of amides is 2. The molecule has 0 aliphatic rings. The van der Waals surface area contributed by atoms with Gasteiger partial charge < -0.3 is 10.6 Å². The summed E-state index contributed by atoms with van der Waals surface area (Å²) in [6.07, 6.45) is -3.24. The monoisotopic (exact) mass is 567 g/mol. The summed E-state index contributed by atoms with van der Waals surface area (Å²) < 4.78 is 68.0. The molecule has 0 aliphatic carbocycles. The van der Waals surface area contributed by atoms with E-state index in [1.165, 1.54) is 36.4 Å². The number of carbonyl (C=O) groups is 2. The highest BCUT2D eigenvalue weighted by atomic mass is 35.5. The Balaban J connectivity index is 1.97. The molecule has 2 amide bonds. The van der Waals surface area contributed by atoms with Gasteiger partial charge >= 0.3 is 6.18 Å². The lowest BCUT2D eigenvalue weighted by molar-refractivity contribution is -0.137. The Kier molecular flexibility index (Phi) is 9.40. The van der Waals surface area contributed by atoms with Crippen LogP contribution in [0.2, 0.25) is 5.02 Å². The van der Waals surface area contributed by atoms with Crippen molar-refractivity contribution in [3.63, 3.8) is 0 Å². The molecule has 0 aliphatic heterocycles. The summed E-state index contributed by atoms with van der Waals surface area (Å²) in [5.41, 5.74) is -1.39. The molecule has 202 valence electrons. The molecule has 0 saturated heterocycles. The Morgan fingerprint density at radius 3 is 2.29 bits per heavy atom. The Morgan fingerprint density at radius 2 is 1.63 bits per heavy atom. The molecule has 12 heteroatoms. The summed E-state index contributed by atoms with van der Waals surface area (Å²) in [7, 11) is -4.48. The van der Waals surface area contributed by atoms with Gasteiger partial charge in [0.25, 0.3) is 15.9 Å². The molecule has 3 aromatic rings. The van der Waals surface area contributed by atoms with Crippen LogP contribution in [0.4, 0.5) is 24.5 Å². The number of sulfonamides is 1. The van der Waals surface area contributed by atoms with Gasteiger partial charge in [-0.15, -0.1) is 0 Å². The first-order valence-corrected chi connectivity index (χ1v) is 13.4. The van der Waals surface area contributed by atoms with Gasteiger partial charge in [0.1, 0.15) is 6.54 Å². The highest BCUT2D eigenvalue weighted by Crippen LogP contribution is 2.38. The van der Waals surface area contributed by atoms with Gasteiger partial charge in [-0.2, -0.15) is 13.2 Å². The number of para-hydroxylation sites is 1. The first kappa shape index (κ1) is 29.0. The predicted octanol–water partition coefficient (Wildman–Crippen LogP) is 5.72. The minimum atomic E-state index is -4.86. The maximum Gasteiger partial charge on any atom is 0.417 e. The minimum Gasteiger partial charge on any atom is -0.352 e. The van der Waals surface area contributed by atoms with Crippen LogP contribution in [0.3, 0.4) is 0 Å². The molecular weight excluding hydrogens is 543 g/mol. The Labute approximate surface area is 223 Å². The van der Waals surface area contributed by atoms with Gasteiger partial charge in [0.2, 0.25) is 5.91 Å². The number of rotatable bonds is 10. The van der Waals surface area contributed by atoms with Gasteiger partial charge in [-0.25, -0.2) is 8.42 Å². The van der Waals surface area contributed by atoms with Gasteiger partial charge in [-0.3, -0.25) is 13.9 Å². The largest absolute Gasteiger partial charge is 0.417 e. The molecule has 0 bridgehead atoms. The molecule has 3 aromatic carbocycles. The van der Waals surface area contributed by atoms with E-state index in [1.807, 2.05) is 6.92 Å². The van der Waals surface area contributed by atoms with Crippen molar-refractivity contribution in [3.05, 3.63) is 88.9 Å². The maximum absolute atomic E-state index is 13.5. The number of carbonyl (C=O) groups excluding carboxylic acids is 2. The highest BCUT2D eigenvalue weighted by molar-refractivity contribution is 7.92. The molecule has 0 spiro atoms. The quantitative estimate of drug-likeness (QED) is 0.306. The number of anilines is 2. The third-order valence-electron chi connectivity index (χ3n) is 5.42. The van der Waals surface area contributed by atoms with Crippen molar-refractivity contribution >= 4 is 44.8 Å². The summed E-state index contributed by atoms with van der Waals surface area (Å²) in [6.45, 7) is 1.52. The Bertz CT molecular complexity index is 1400. The molecule has 0 atom stereocenters. The van der Waals surface area contributed by atoms with E-state index in [1.54, 1.807) is 18.2 Å². The normalized spacial score (nSPS) is 11.6. The fourth-order valence-corrected chi connectivity index (χ4v) is 5.16. The molecule has 0 radical (unpaired) electrons. The summed E-state index contributed by atoms with van der Waals surface area (Å²) in [4.78, 5) is 25.4. The van der Waals surface area contributed by atoms with Crippen molar-refractivity contribution < 1.29 is 31.2 Å². The SMILES string of the molecule is CCCCNC(=O)c1ccccc1NC(=O)CN(c1ccc(Cl)c(C(F)(F)F)c1)S(=O)(=O)c1ccccc1. The molecule has 0 heterocycles. The van der Waals surface area contributed by atoms with E-state index in [0.29, 0.717) is 16.9 Å². The Hall–Kier alpha value is -3.57. The van der Waals surface area contributed by atoms with E-state index in [2.05, 4.69) is 10.6 Å². The lowest BCUT2D eigenvalue weighted by atomic mass is 10.1. The standard InChI is InChI=1S/C26H25ClF3N3O4S/c1-2-3-15-31-25(35)20-11-7-8-12-23(20)32-24(34)17-33(38(36,37)19-9-5-4-6-10-19)18-13-14-22(27)21(16-18)26(28,29)30/h4-14,16H,2-3,15,17H2,1H3,(H,31,35)(H,32,34). The molecule has 0 unspecified atom stereocenters. The van der Waals surface area contributed by atoms with Crippen LogP contribution in [0.25, 0.3) is 0 Å². The first-order valence-electron chi connectivity index (χ1n) is 11.6. The van der Waals surface area contributed by atoms with Crippen LogP contribution < -0.4 is 14.9 Å². The third kappa shape index (κ3) is 7.05. The summed E-state index contributed by atoms with van der Waals surface area (Å²) in [5, 5.41) is 4.62. The second-order valence-corrected chi connectivity index (χ2v) is 10.5. The number of benzene rings is 3. The summed E-state index contributed by atoms with van der Waals surface area (Å²) >= 11 is 5.72. The third-order valence-corrected chi connectivity index (χ3v) is 7.54. The van der Waals surface area contributed by atoms with E-state index in [0.717, 1.165) is 25.0 Å². The summed E-state index contributed by atoms with van der Waals surface area (Å²) in [5.74, 6) is -1.31. The molecule has 3 rings (SSSR count). The molecule has 0 saturated carbocycles. The van der Waals surface area contributed by atoms with Crippen molar-refractivity contribution in [2.45, 2.75) is 30.8 Å². The van der Waals surface area contributed by atoms with Crippen molar-refractivity contribution in [2.75, 3.05) is 22.7 Å². The lowest BCUT2D eigenvalue weighted by Crippen LogP contribution is -2.38. The molecule has 7 nitrogen and oxygen atoms in total. The zero-order chi connectivity index (χ0) is 27.9. The van der Waals surface area contributed by atoms with Crippen molar-refractivity contribution in [1.29, 1.82) is 0 Å². The average Bonchev–Trinajstić information content (AvgIpc) is 2.88. The van der Waals surface area contributed by atoms with Crippen LogP contribution in [0.15, 0.2) is 77.7 Å². The zero-order valence-electron chi connectivity index (χ0n) is 20.3. The number of hydrogen-bond acceptors (Lipinski definition) is 4. The topological polar surface area (TPSA) is 95.6 Å². The number of halogens is 4. The number of nitrogens with zero attached hydrogens (tertiary/aromatic N) is 1. The minimum absolute atomic E-state index is 0.121. The lowest BCUT2D eigenvalue weighted by Gasteiger charge is -2.25. The van der Waals surface area contributed by atoms with Crippen LogP contribution in [0.5, 0.6) is 0 Å². The molecular formula is C26H25ClF3N3O4S. The Morgan fingerprint density at radius 1 is 0.974 bits per heavy atom. The number of alkyl halides is 3. The van der Waals surface area contributed by atoms with E-state index in [9.17, 15) is 31.2 Å². The van der Waals surface area contributed by atoms with Gasteiger partial charge in [0.05, 0.1) is 32.4 Å². The second kappa shape index (κ2) is 12.3. The molecule has 0 aromatic heterocycles. The fourth-order valence-electron chi connectivity index (χ4n) is 3.50. The van der Waals surface area contributed by atoms with E-state index < -0.39 is 50.8 Å². The van der Waals surface area contributed by atoms with E-state index >= 15 is 0 Å². The van der Waals surface area contributed by atoms with Crippen LogP contribution in [0.1, 0.15) is 35.7 Å². The summed E-state index contributed by atoms with van der Waals surface area (Å²) in [6, 6.07) is 15.7. The second-order valence-electron chi connectivity index (χ2n) is 8.19. The van der Waals surface area contributed by atoms with Crippen LogP contribution in [-0.4, -0.2) is 33.3 Å². The average molecular weight is 568 g/mol. The number of nitrogens with one attached hydrogen (secondary N) is 2. The predicted molar refractivity (Wildman–Crippen MR) is 140 cm³/mol. The maximum atomic E-state index is 13.5. The van der Waals surface area contributed by atoms with Crippen LogP contribution in [0, 0.1) is 0 Å². The molecule has 2 N–H and O–H groups in total. The van der Waals surface area contributed by atoms with Crippen LogP contribution in [-0.2, 0) is 21.0 Å². The van der Waals surface area contributed by atoms with Gasteiger partial charge in [0, 0.05) is 6.54 Å². The smallest absolute Gasteiger partial charge is 0.352 e. The van der Waals surface area contributed by atoms with E-state index in [4.69, 9.17) is 11.6 Å². The number of hydrogen-bond donors (Lipinski definition) is 2. The van der Waals surface area contributed by atoms with Crippen molar-refractivity contribution in [3.8, 4) is 0 Å². The molecule has 0 fully saturated rings. The number of unbranched alkanes of at least 4 members (excludes halogenated alkanes) is 1. The van der Waals surface area contributed by atoms with Gasteiger partial charge in [0.15, 0.2) is 0 Å². The van der Waals surface area contributed by atoms with Crippen molar-refractivity contribution in [2.24, 2.45) is 0 Å².